The summed E-state index contributed by atoms with van der Waals surface area (Å²) in [6.45, 7) is 4.62. The van der Waals surface area contributed by atoms with Gasteiger partial charge in [-0.3, -0.25) is 9.36 Å². The molecule has 1 aromatic carbocycles. The number of benzene rings is 1. The van der Waals surface area contributed by atoms with Crippen molar-refractivity contribution in [2.24, 2.45) is 0 Å². The van der Waals surface area contributed by atoms with Crippen LogP contribution in [0.1, 0.15) is 55.8 Å². The van der Waals surface area contributed by atoms with Crippen LogP contribution in [-0.2, 0) is 17.9 Å². The van der Waals surface area contributed by atoms with Gasteiger partial charge >= 0.3 is 5.69 Å². The van der Waals surface area contributed by atoms with Crippen LogP contribution in [0.25, 0.3) is 0 Å². The van der Waals surface area contributed by atoms with Gasteiger partial charge in [-0.25, -0.2) is 13.9 Å². The molecule has 2 aliphatic heterocycles. The third-order valence-electron chi connectivity index (χ3n) is 6.19. The van der Waals surface area contributed by atoms with Crippen LogP contribution >= 0.6 is 11.6 Å². The molecule has 2 aromatic rings. The Hall–Kier alpha value is -2.19. The summed E-state index contributed by atoms with van der Waals surface area (Å²) < 4.78 is 16.2. The van der Waals surface area contributed by atoms with E-state index in [1.54, 1.807) is 10.6 Å². The minimum absolute atomic E-state index is 0.0726. The van der Waals surface area contributed by atoms with Crippen molar-refractivity contribution in [2.75, 3.05) is 26.2 Å². The Kier molecular flexibility index (Phi) is 7.07. The van der Waals surface area contributed by atoms with Crippen LogP contribution in [-0.4, -0.2) is 51.3 Å². The number of fused-ring (bicyclic) bond motifs is 1. The first-order chi connectivity index (χ1) is 15.0. The number of likely N-dealkylation sites (tertiary alicyclic amines) is 1. The van der Waals surface area contributed by atoms with Crippen molar-refractivity contribution in [3.05, 3.63) is 50.9 Å². The lowest BCUT2D eigenvalue weighted by atomic mass is 9.98. The van der Waals surface area contributed by atoms with Crippen LogP contribution in [0.2, 0.25) is 5.02 Å². The summed E-state index contributed by atoms with van der Waals surface area (Å²) in [6, 6.07) is 4.08. The van der Waals surface area contributed by atoms with Gasteiger partial charge in [-0.1, -0.05) is 24.1 Å². The predicted molar refractivity (Wildman–Crippen MR) is 117 cm³/mol. The van der Waals surface area contributed by atoms with E-state index in [1.807, 2.05) is 0 Å². The number of carbonyl (C=O) groups is 1. The van der Waals surface area contributed by atoms with Crippen molar-refractivity contribution >= 4 is 17.5 Å². The molecule has 1 saturated heterocycles. The second-order valence-corrected chi connectivity index (χ2v) is 8.83. The summed E-state index contributed by atoms with van der Waals surface area (Å²) in [7, 11) is 0. The normalized spacial score (nSPS) is 19.2. The molecule has 0 saturated carbocycles. The maximum atomic E-state index is 13.3. The number of piperidine rings is 1. The number of nitrogens with zero attached hydrogens (tertiary/aromatic N) is 4. The van der Waals surface area contributed by atoms with Crippen molar-refractivity contribution < 1.29 is 9.18 Å². The van der Waals surface area contributed by atoms with E-state index in [2.05, 4.69) is 15.3 Å². The molecule has 9 heteroatoms. The van der Waals surface area contributed by atoms with Crippen LogP contribution in [0.4, 0.5) is 4.39 Å². The van der Waals surface area contributed by atoms with Crippen molar-refractivity contribution in [1.82, 2.24) is 24.6 Å². The Morgan fingerprint density at radius 2 is 2.00 bits per heavy atom. The fourth-order valence-corrected chi connectivity index (χ4v) is 4.72. The molecule has 0 bridgehead atoms. The van der Waals surface area contributed by atoms with Gasteiger partial charge in [0.1, 0.15) is 11.6 Å². The zero-order valence-corrected chi connectivity index (χ0v) is 18.4. The number of nitrogens with one attached hydrogen (secondary N) is 1. The molecule has 1 aromatic heterocycles. The smallest absolute Gasteiger partial charge is 0.346 e. The van der Waals surface area contributed by atoms with Crippen LogP contribution in [0.15, 0.2) is 23.0 Å². The number of aromatic nitrogens is 3. The van der Waals surface area contributed by atoms with E-state index in [9.17, 15) is 14.0 Å². The average Bonchev–Trinajstić information content (AvgIpc) is 3.09. The molecule has 168 valence electrons. The molecule has 1 atom stereocenters. The maximum Gasteiger partial charge on any atom is 0.346 e. The number of rotatable bonds is 7. The SMILES string of the molecule is O=C(NCCCN1CCCCC1)C1CCCn2c1nn(Cc1ccc(F)cc1Cl)c2=O. The molecule has 1 amide bonds. The highest BCUT2D eigenvalue weighted by Crippen LogP contribution is 2.25. The number of hydrogen-bond acceptors (Lipinski definition) is 4. The summed E-state index contributed by atoms with van der Waals surface area (Å²) in [6.07, 6.45) is 6.18. The van der Waals surface area contributed by atoms with E-state index >= 15 is 0 Å². The maximum absolute atomic E-state index is 13.3. The second kappa shape index (κ2) is 9.96. The van der Waals surface area contributed by atoms with E-state index in [0.717, 1.165) is 32.5 Å². The molecule has 2 aliphatic rings. The topological polar surface area (TPSA) is 72.2 Å². The molecule has 31 heavy (non-hydrogen) atoms. The van der Waals surface area contributed by atoms with Crippen molar-refractivity contribution in [3.8, 4) is 0 Å². The van der Waals surface area contributed by atoms with E-state index in [4.69, 9.17) is 11.6 Å². The van der Waals surface area contributed by atoms with Crippen LogP contribution < -0.4 is 11.0 Å². The number of halogens is 2. The first-order valence-electron chi connectivity index (χ1n) is 11.1. The Labute approximate surface area is 186 Å². The Balaban J connectivity index is 1.39. The fourth-order valence-electron chi connectivity index (χ4n) is 4.49. The average molecular weight is 450 g/mol. The van der Waals surface area contributed by atoms with E-state index in [0.29, 0.717) is 30.9 Å². The van der Waals surface area contributed by atoms with Gasteiger partial charge in [0, 0.05) is 18.1 Å². The molecule has 0 aliphatic carbocycles. The number of hydrogen-bond donors (Lipinski definition) is 1. The summed E-state index contributed by atoms with van der Waals surface area (Å²) in [5.74, 6) is -0.428. The minimum Gasteiger partial charge on any atom is -0.355 e. The monoisotopic (exact) mass is 449 g/mol. The molecule has 0 spiro atoms. The predicted octanol–water partition coefficient (Wildman–Crippen LogP) is 2.76. The van der Waals surface area contributed by atoms with Crippen LogP contribution in [0.3, 0.4) is 0 Å². The first-order valence-corrected chi connectivity index (χ1v) is 11.5. The highest BCUT2D eigenvalue weighted by Gasteiger charge is 2.31. The Morgan fingerprint density at radius 1 is 1.19 bits per heavy atom. The van der Waals surface area contributed by atoms with E-state index in [1.165, 1.54) is 36.1 Å². The van der Waals surface area contributed by atoms with Gasteiger partial charge in [-0.05, 0) is 69.4 Å². The molecule has 7 nitrogen and oxygen atoms in total. The van der Waals surface area contributed by atoms with Crippen LogP contribution in [0.5, 0.6) is 0 Å². The van der Waals surface area contributed by atoms with Crippen LogP contribution in [0, 0.1) is 5.82 Å². The molecular weight excluding hydrogens is 421 g/mol. The quantitative estimate of drug-likeness (QED) is 0.660. The molecule has 1 N–H and O–H groups in total. The Morgan fingerprint density at radius 3 is 2.77 bits per heavy atom. The van der Waals surface area contributed by atoms with Crippen molar-refractivity contribution in [1.29, 1.82) is 0 Å². The van der Waals surface area contributed by atoms with Gasteiger partial charge < -0.3 is 10.2 Å². The van der Waals surface area contributed by atoms with Gasteiger partial charge in [0.2, 0.25) is 5.91 Å². The van der Waals surface area contributed by atoms with Gasteiger partial charge in [-0.2, -0.15) is 5.10 Å². The zero-order chi connectivity index (χ0) is 21.8. The lowest BCUT2D eigenvalue weighted by Crippen LogP contribution is -2.37. The molecule has 1 unspecified atom stereocenters. The lowest BCUT2D eigenvalue weighted by Gasteiger charge is -2.26. The van der Waals surface area contributed by atoms with E-state index in [-0.39, 0.29) is 23.2 Å². The fraction of sp³-hybridized carbons (Fsp3) is 0.591. The lowest BCUT2D eigenvalue weighted by molar-refractivity contribution is -0.123. The standard InChI is InChI=1S/C22H29ClFN5O2/c23-19-14-17(24)8-7-16(19)15-29-22(31)28-13-4-6-18(20(28)26-29)21(30)25-9-5-12-27-10-2-1-3-11-27/h7-8,14,18H,1-6,9-13,15H2,(H,25,30). The zero-order valence-electron chi connectivity index (χ0n) is 17.7. The Bertz CT molecular complexity index is 983. The van der Waals surface area contributed by atoms with Crippen molar-refractivity contribution in [3.63, 3.8) is 0 Å². The summed E-state index contributed by atoms with van der Waals surface area (Å²) in [5, 5.41) is 7.74. The highest BCUT2D eigenvalue weighted by molar-refractivity contribution is 6.31. The molecule has 0 radical (unpaired) electrons. The molecule has 1 fully saturated rings. The summed E-state index contributed by atoms with van der Waals surface area (Å²) >= 11 is 6.11. The molecular formula is C22H29ClFN5O2. The largest absolute Gasteiger partial charge is 0.355 e. The van der Waals surface area contributed by atoms with Gasteiger partial charge in [0.15, 0.2) is 0 Å². The van der Waals surface area contributed by atoms with Gasteiger partial charge in [0.25, 0.3) is 0 Å². The summed E-state index contributed by atoms with van der Waals surface area (Å²) in [4.78, 5) is 28.1. The number of amides is 1. The summed E-state index contributed by atoms with van der Waals surface area (Å²) in [5.41, 5.74) is 0.345. The first kappa shape index (κ1) is 22.0. The highest BCUT2D eigenvalue weighted by atomic mass is 35.5. The molecule has 4 rings (SSSR count). The second-order valence-electron chi connectivity index (χ2n) is 8.43. The minimum atomic E-state index is -0.429. The van der Waals surface area contributed by atoms with E-state index < -0.39 is 11.7 Å². The van der Waals surface area contributed by atoms with Gasteiger partial charge in [0.05, 0.1) is 12.5 Å². The molecule has 3 heterocycles. The van der Waals surface area contributed by atoms with Crippen molar-refractivity contribution in [2.45, 2.75) is 57.5 Å². The third kappa shape index (κ3) is 5.18. The van der Waals surface area contributed by atoms with Gasteiger partial charge in [-0.15, -0.1) is 0 Å². The number of carbonyl (C=O) groups excluding carboxylic acids is 1. The third-order valence-corrected chi connectivity index (χ3v) is 6.54.